The number of nitrogens with zero attached hydrogens (tertiary/aromatic N) is 1. The Morgan fingerprint density at radius 2 is 1.71 bits per heavy atom. The smallest absolute Gasteiger partial charge is 0.338 e. The van der Waals surface area contributed by atoms with Crippen molar-refractivity contribution in [2.75, 3.05) is 6.61 Å². The molecule has 0 unspecified atom stereocenters. The topological polar surface area (TPSA) is 166 Å². The molecule has 1 aliphatic heterocycles. The quantitative estimate of drug-likeness (QED) is 0.346. The number of amides is 3. The van der Waals surface area contributed by atoms with Crippen LogP contribution >= 0.6 is 0 Å². The number of fused-ring (bicyclic) bond motifs is 1. The SMILES string of the molecule is NS(=O)(=O)c1ccc(CNC(=O)COC(=O)c2ccc3c(c2)C(=O)N(Cc2ccco2)C3=O)cc1. The number of carbonyl (C=O) groups excluding carboxylic acids is 4. The Kier molecular flexibility index (Phi) is 6.49. The molecule has 3 amide bonds. The first kappa shape index (κ1) is 23.9. The van der Waals surface area contributed by atoms with E-state index in [1.54, 1.807) is 12.1 Å². The van der Waals surface area contributed by atoms with Crippen molar-refractivity contribution >= 4 is 33.7 Å². The largest absolute Gasteiger partial charge is 0.467 e. The predicted octanol–water partition coefficient (Wildman–Crippen LogP) is 1.20. The summed E-state index contributed by atoms with van der Waals surface area (Å²) in [5.74, 6) is -2.07. The number of hydrogen-bond acceptors (Lipinski definition) is 8. The first-order valence-electron chi connectivity index (χ1n) is 10.2. The van der Waals surface area contributed by atoms with E-state index in [1.165, 1.54) is 48.7 Å². The molecule has 0 radical (unpaired) electrons. The summed E-state index contributed by atoms with van der Waals surface area (Å²) < 4.78 is 32.7. The summed E-state index contributed by atoms with van der Waals surface area (Å²) in [5, 5.41) is 7.57. The fourth-order valence-electron chi connectivity index (χ4n) is 3.38. The number of furan rings is 1. The van der Waals surface area contributed by atoms with Gasteiger partial charge in [0, 0.05) is 6.54 Å². The van der Waals surface area contributed by atoms with Gasteiger partial charge in [-0.25, -0.2) is 18.4 Å². The zero-order chi connectivity index (χ0) is 25.2. The molecule has 0 saturated heterocycles. The van der Waals surface area contributed by atoms with Crippen LogP contribution in [0.2, 0.25) is 0 Å². The van der Waals surface area contributed by atoms with Crippen molar-refractivity contribution < 1.29 is 36.7 Å². The van der Waals surface area contributed by atoms with Crippen LogP contribution in [0.5, 0.6) is 0 Å². The molecule has 35 heavy (non-hydrogen) atoms. The second-order valence-electron chi connectivity index (χ2n) is 7.58. The lowest BCUT2D eigenvalue weighted by Gasteiger charge is -2.11. The van der Waals surface area contributed by atoms with E-state index in [0.29, 0.717) is 11.3 Å². The lowest BCUT2D eigenvalue weighted by atomic mass is 10.1. The van der Waals surface area contributed by atoms with E-state index in [2.05, 4.69) is 5.32 Å². The maximum Gasteiger partial charge on any atom is 0.338 e. The zero-order valence-corrected chi connectivity index (χ0v) is 18.9. The fourth-order valence-corrected chi connectivity index (χ4v) is 3.90. The molecule has 0 atom stereocenters. The Bertz CT molecular complexity index is 1410. The highest BCUT2D eigenvalue weighted by Gasteiger charge is 2.36. The molecule has 3 aromatic rings. The molecule has 0 spiro atoms. The van der Waals surface area contributed by atoms with Crippen LogP contribution in [0.1, 0.15) is 42.4 Å². The molecule has 3 N–H and O–H groups in total. The van der Waals surface area contributed by atoms with Crippen LogP contribution in [0.25, 0.3) is 0 Å². The zero-order valence-electron chi connectivity index (χ0n) is 18.1. The van der Waals surface area contributed by atoms with Gasteiger partial charge < -0.3 is 14.5 Å². The molecular weight excluding hydrogens is 478 g/mol. The van der Waals surface area contributed by atoms with Gasteiger partial charge in [0.15, 0.2) is 6.61 Å². The molecule has 0 aliphatic carbocycles. The van der Waals surface area contributed by atoms with E-state index < -0.39 is 40.3 Å². The van der Waals surface area contributed by atoms with E-state index in [1.807, 2.05) is 0 Å². The molecule has 11 nitrogen and oxygen atoms in total. The third-order valence-corrected chi connectivity index (χ3v) is 6.11. The minimum absolute atomic E-state index is 0.0103. The first-order chi connectivity index (χ1) is 16.6. The Morgan fingerprint density at radius 3 is 2.37 bits per heavy atom. The van der Waals surface area contributed by atoms with Crippen molar-refractivity contribution in [1.82, 2.24) is 10.2 Å². The third-order valence-electron chi connectivity index (χ3n) is 5.18. The van der Waals surface area contributed by atoms with E-state index in [-0.39, 0.29) is 34.7 Å². The molecule has 1 aromatic heterocycles. The normalized spacial score (nSPS) is 13.0. The van der Waals surface area contributed by atoms with Gasteiger partial charge in [-0.05, 0) is 48.0 Å². The molecule has 12 heteroatoms. The van der Waals surface area contributed by atoms with Crippen molar-refractivity contribution in [3.63, 3.8) is 0 Å². The molecule has 2 aromatic carbocycles. The van der Waals surface area contributed by atoms with Crippen LogP contribution in [-0.4, -0.2) is 43.6 Å². The maximum atomic E-state index is 12.7. The number of rotatable bonds is 8. The average Bonchev–Trinajstić information content (AvgIpc) is 3.43. The molecular formula is C23H19N3O8S. The Hall–Kier alpha value is -4.29. The van der Waals surface area contributed by atoms with Crippen molar-refractivity contribution in [2.24, 2.45) is 5.14 Å². The highest BCUT2D eigenvalue weighted by atomic mass is 32.2. The van der Waals surface area contributed by atoms with Crippen molar-refractivity contribution in [3.05, 3.63) is 88.9 Å². The number of primary sulfonamides is 1. The molecule has 0 saturated carbocycles. The van der Waals surface area contributed by atoms with Crippen LogP contribution in [0.15, 0.2) is 70.2 Å². The van der Waals surface area contributed by atoms with Crippen molar-refractivity contribution in [3.8, 4) is 0 Å². The monoisotopic (exact) mass is 497 g/mol. The molecule has 2 heterocycles. The van der Waals surface area contributed by atoms with Gasteiger partial charge in [0.05, 0.1) is 34.4 Å². The van der Waals surface area contributed by atoms with E-state index in [4.69, 9.17) is 14.3 Å². The van der Waals surface area contributed by atoms with Crippen LogP contribution in [0.3, 0.4) is 0 Å². The number of ether oxygens (including phenoxy) is 1. The highest BCUT2D eigenvalue weighted by molar-refractivity contribution is 7.89. The fraction of sp³-hybridized carbons (Fsp3) is 0.130. The van der Waals surface area contributed by atoms with Gasteiger partial charge in [0.25, 0.3) is 17.7 Å². The summed E-state index contributed by atoms with van der Waals surface area (Å²) in [4.78, 5) is 50.6. The van der Waals surface area contributed by atoms with Crippen LogP contribution in [0.4, 0.5) is 0 Å². The van der Waals surface area contributed by atoms with Crippen molar-refractivity contribution in [1.29, 1.82) is 0 Å². The molecule has 1 aliphatic rings. The summed E-state index contributed by atoms with van der Waals surface area (Å²) >= 11 is 0. The van der Waals surface area contributed by atoms with E-state index in [0.717, 1.165) is 4.90 Å². The Morgan fingerprint density at radius 1 is 1.00 bits per heavy atom. The Labute approximate surface area is 199 Å². The second kappa shape index (κ2) is 9.52. The van der Waals surface area contributed by atoms with Gasteiger partial charge in [-0.2, -0.15) is 0 Å². The molecule has 180 valence electrons. The Balaban J connectivity index is 1.32. The minimum atomic E-state index is -3.81. The molecule has 0 fully saturated rings. The van der Waals surface area contributed by atoms with Gasteiger partial charge in [-0.3, -0.25) is 19.3 Å². The number of imide groups is 1. The van der Waals surface area contributed by atoms with E-state index in [9.17, 15) is 27.6 Å². The number of esters is 1. The number of hydrogen-bond donors (Lipinski definition) is 2. The lowest BCUT2D eigenvalue weighted by molar-refractivity contribution is -0.124. The number of nitrogens with two attached hydrogens (primary N) is 1. The maximum absolute atomic E-state index is 12.7. The first-order valence-corrected chi connectivity index (χ1v) is 11.8. The average molecular weight is 497 g/mol. The standard InChI is InChI=1S/C23H19N3O8S/c24-35(31,32)17-6-3-14(4-7-17)11-25-20(27)13-34-23(30)15-5-8-18-19(10-15)22(29)26(21(18)28)12-16-2-1-9-33-16/h1-10H,11-13H2,(H,25,27)(H2,24,31,32). The number of benzene rings is 2. The third kappa shape index (κ3) is 5.28. The number of nitrogens with one attached hydrogen (secondary N) is 1. The van der Waals surface area contributed by atoms with Gasteiger partial charge in [-0.1, -0.05) is 12.1 Å². The summed E-state index contributed by atoms with van der Waals surface area (Å²) in [6.45, 7) is -0.547. The predicted molar refractivity (Wildman–Crippen MR) is 119 cm³/mol. The molecule has 0 bridgehead atoms. The van der Waals surface area contributed by atoms with Crippen LogP contribution in [0, 0.1) is 0 Å². The van der Waals surface area contributed by atoms with Crippen LogP contribution in [-0.2, 0) is 32.6 Å². The van der Waals surface area contributed by atoms with E-state index >= 15 is 0 Å². The molecule has 4 rings (SSSR count). The summed E-state index contributed by atoms with van der Waals surface area (Å²) in [6, 6.07) is 12.8. The van der Waals surface area contributed by atoms with Crippen molar-refractivity contribution in [2.45, 2.75) is 18.0 Å². The highest BCUT2D eigenvalue weighted by Crippen LogP contribution is 2.26. The second-order valence-corrected chi connectivity index (χ2v) is 9.14. The van der Waals surface area contributed by atoms with Gasteiger partial charge in [-0.15, -0.1) is 0 Å². The number of sulfonamides is 1. The van der Waals surface area contributed by atoms with Gasteiger partial charge in [0.2, 0.25) is 10.0 Å². The summed E-state index contributed by atoms with van der Waals surface area (Å²) in [5.41, 5.74) is 0.835. The lowest BCUT2D eigenvalue weighted by Crippen LogP contribution is -2.29. The summed E-state index contributed by atoms with van der Waals surface area (Å²) in [6.07, 6.45) is 1.43. The number of carbonyl (C=O) groups is 4. The minimum Gasteiger partial charge on any atom is -0.467 e. The van der Waals surface area contributed by atoms with Gasteiger partial charge in [0.1, 0.15) is 5.76 Å². The summed E-state index contributed by atoms with van der Waals surface area (Å²) in [7, 11) is -3.81. The van der Waals surface area contributed by atoms with Crippen LogP contribution < -0.4 is 10.5 Å². The van der Waals surface area contributed by atoms with Gasteiger partial charge >= 0.3 is 5.97 Å².